The second kappa shape index (κ2) is 9.18. The standard InChI is InChI=1S/C24H23N5O3S2/c25-16-19-4-2-8-26-23(19)27-10-12-28(13-11-27)24(30)18-3-1-5-21(15-18)34(31,32)29-9-6-22-20(17-29)7-14-33-22/h1-5,7-8,14-15H,6,9-13,17H2. The number of carbonyl (C=O) groups is 1. The highest BCUT2D eigenvalue weighted by Gasteiger charge is 2.30. The molecule has 0 unspecified atom stereocenters. The van der Waals surface area contributed by atoms with Crippen LogP contribution in [0.5, 0.6) is 0 Å². The van der Waals surface area contributed by atoms with Crippen molar-refractivity contribution in [2.24, 2.45) is 0 Å². The van der Waals surface area contributed by atoms with Gasteiger partial charge in [0.05, 0.1) is 10.5 Å². The van der Waals surface area contributed by atoms with Crippen LogP contribution in [0.25, 0.3) is 0 Å². The number of benzene rings is 1. The summed E-state index contributed by atoms with van der Waals surface area (Å²) in [5.41, 5.74) is 1.92. The number of hydrogen-bond donors (Lipinski definition) is 0. The van der Waals surface area contributed by atoms with Crippen molar-refractivity contribution in [2.75, 3.05) is 37.6 Å². The minimum atomic E-state index is -3.70. The number of anilines is 1. The molecule has 0 radical (unpaired) electrons. The lowest BCUT2D eigenvalue weighted by Gasteiger charge is -2.35. The molecule has 1 saturated heterocycles. The van der Waals surface area contributed by atoms with Crippen LogP contribution >= 0.6 is 11.3 Å². The molecule has 0 N–H and O–H groups in total. The average molecular weight is 494 g/mol. The Labute approximate surface area is 202 Å². The monoisotopic (exact) mass is 493 g/mol. The zero-order valence-corrected chi connectivity index (χ0v) is 20.1. The molecule has 34 heavy (non-hydrogen) atoms. The van der Waals surface area contributed by atoms with Gasteiger partial charge in [-0.3, -0.25) is 4.79 Å². The van der Waals surface area contributed by atoms with E-state index in [1.165, 1.54) is 15.2 Å². The third-order valence-corrected chi connectivity index (χ3v) is 9.13. The molecule has 5 rings (SSSR count). The first-order valence-electron chi connectivity index (χ1n) is 11.0. The van der Waals surface area contributed by atoms with E-state index in [-0.39, 0.29) is 10.8 Å². The number of carbonyl (C=O) groups excluding carboxylic acids is 1. The van der Waals surface area contributed by atoms with Crippen molar-refractivity contribution >= 4 is 33.1 Å². The number of hydrogen-bond acceptors (Lipinski definition) is 7. The fourth-order valence-electron chi connectivity index (χ4n) is 4.41. The van der Waals surface area contributed by atoms with E-state index < -0.39 is 10.0 Å². The first-order chi connectivity index (χ1) is 16.5. The largest absolute Gasteiger partial charge is 0.352 e. The number of aromatic nitrogens is 1. The molecular weight excluding hydrogens is 470 g/mol. The molecule has 4 heterocycles. The minimum Gasteiger partial charge on any atom is -0.352 e. The molecule has 0 saturated carbocycles. The van der Waals surface area contributed by atoms with Gasteiger partial charge in [0, 0.05) is 55.9 Å². The lowest BCUT2D eigenvalue weighted by atomic mass is 10.1. The second-order valence-corrected chi connectivity index (χ2v) is 11.2. The summed E-state index contributed by atoms with van der Waals surface area (Å²) in [6.07, 6.45) is 2.36. The summed E-state index contributed by atoms with van der Waals surface area (Å²) in [4.78, 5) is 22.6. The van der Waals surface area contributed by atoms with Gasteiger partial charge in [-0.2, -0.15) is 9.57 Å². The van der Waals surface area contributed by atoms with E-state index in [0.717, 1.165) is 5.56 Å². The van der Waals surface area contributed by atoms with E-state index in [9.17, 15) is 18.5 Å². The molecule has 8 nitrogen and oxygen atoms in total. The number of piperazine rings is 1. The highest BCUT2D eigenvalue weighted by molar-refractivity contribution is 7.89. The van der Waals surface area contributed by atoms with Gasteiger partial charge in [0.15, 0.2) is 0 Å². The van der Waals surface area contributed by atoms with Crippen molar-refractivity contribution in [1.29, 1.82) is 5.26 Å². The number of sulfonamides is 1. The third-order valence-electron chi connectivity index (χ3n) is 6.26. The first-order valence-corrected chi connectivity index (χ1v) is 13.3. The number of thiophene rings is 1. The van der Waals surface area contributed by atoms with E-state index in [1.54, 1.807) is 52.8 Å². The summed E-state index contributed by atoms with van der Waals surface area (Å²) >= 11 is 1.66. The Balaban J connectivity index is 1.29. The molecule has 3 aromatic rings. The normalized spacial score (nSPS) is 16.7. The molecule has 1 fully saturated rings. The van der Waals surface area contributed by atoms with Gasteiger partial charge in [-0.05, 0) is 53.8 Å². The summed E-state index contributed by atoms with van der Waals surface area (Å²) < 4.78 is 28.1. The Morgan fingerprint density at radius 1 is 1.06 bits per heavy atom. The number of nitriles is 1. The molecule has 1 aromatic carbocycles. The van der Waals surface area contributed by atoms with Gasteiger partial charge in [0.1, 0.15) is 11.9 Å². The van der Waals surface area contributed by atoms with Crippen LogP contribution in [-0.4, -0.2) is 61.2 Å². The van der Waals surface area contributed by atoms with Gasteiger partial charge in [0.25, 0.3) is 5.91 Å². The maximum atomic E-state index is 13.3. The Morgan fingerprint density at radius 2 is 1.88 bits per heavy atom. The maximum absolute atomic E-state index is 13.3. The van der Waals surface area contributed by atoms with Crippen molar-refractivity contribution in [2.45, 2.75) is 17.9 Å². The number of pyridine rings is 1. The predicted octanol–water partition coefficient (Wildman–Crippen LogP) is 2.72. The maximum Gasteiger partial charge on any atom is 0.254 e. The fourth-order valence-corrected chi connectivity index (χ4v) is 6.76. The van der Waals surface area contributed by atoms with E-state index in [4.69, 9.17) is 0 Å². The number of rotatable bonds is 4. The topological polar surface area (TPSA) is 97.6 Å². The lowest BCUT2D eigenvalue weighted by molar-refractivity contribution is 0.0746. The Kier molecular flexibility index (Phi) is 6.08. The van der Waals surface area contributed by atoms with Crippen molar-refractivity contribution in [3.63, 3.8) is 0 Å². The van der Waals surface area contributed by atoms with Crippen LogP contribution in [0.2, 0.25) is 0 Å². The van der Waals surface area contributed by atoms with Crippen LogP contribution in [0.15, 0.2) is 58.9 Å². The summed E-state index contributed by atoms with van der Waals surface area (Å²) in [5, 5.41) is 11.3. The van der Waals surface area contributed by atoms with Crippen LogP contribution in [0.4, 0.5) is 5.82 Å². The average Bonchev–Trinajstić information content (AvgIpc) is 3.36. The zero-order chi connectivity index (χ0) is 23.7. The molecule has 0 aliphatic carbocycles. The molecule has 0 spiro atoms. The predicted molar refractivity (Wildman–Crippen MR) is 129 cm³/mol. The smallest absolute Gasteiger partial charge is 0.254 e. The van der Waals surface area contributed by atoms with Gasteiger partial charge in [-0.1, -0.05) is 6.07 Å². The Bertz CT molecular complexity index is 1370. The van der Waals surface area contributed by atoms with E-state index in [0.29, 0.717) is 62.6 Å². The molecule has 10 heteroatoms. The van der Waals surface area contributed by atoms with Gasteiger partial charge in [-0.25, -0.2) is 13.4 Å². The van der Waals surface area contributed by atoms with Gasteiger partial charge < -0.3 is 9.80 Å². The Morgan fingerprint density at radius 3 is 2.68 bits per heavy atom. The fraction of sp³-hybridized carbons (Fsp3) is 0.292. The summed E-state index contributed by atoms with van der Waals surface area (Å²) in [5.74, 6) is 0.428. The number of nitrogens with zero attached hydrogens (tertiary/aromatic N) is 5. The summed E-state index contributed by atoms with van der Waals surface area (Å²) in [6, 6.07) is 13.9. The van der Waals surface area contributed by atoms with Crippen LogP contribution in [0.1, 0.15) is 26.4 Å². The molecule has 2 aliphatic heterocycles. The molecular formula is C24H23N5O3S2. The molecule has 174 valence electrons. The molecule has 1 amide bonds. The van der Waals surface area contributed by atoms with Crippen molar-refractivity contribution in [3.05, 3.63) is 75.6 Å². The van der Waals surface area contributed by atoms with E-state index >= 15 is 0 Å². The van der Waals surface area contributed by atoms with Gasteiger partial charge in [-0.15, -0.1) is 11.3 Å². The minimum absolute atomic E-state index is 0.141. The zero-order valence-electron chi connectivity index (χ0n) is 18.4. The first kappa shape index (κ1) is 22.5. The lowest BCUT2D eigenvalue weighted by Crippen LogP contribution is -2.49. The highest BCUT2D eigenvalue weighted by Crippen LogP contribution is 2.28. The number of amides is 1. The molecule has 0 atom stereocenters. The molecule has 0 bridgehead atoms. The van der Waals surface area contributed by atoms with E-state index in [2.05, 4.69) is 11.1 Å². The highest BCUT2D eigenvalue weighted by atomic mass is 32.2. The van der Waals surface area contributed by atoms with Crippen molar-refractivity contribution in [1.82, 2.24) is 14.2 Å². The van der Waals surface area contributed by atoms with Crippen molar-refractivity contribution in [3.8, 4) is 6.07 Å². The van der Waals surface area contributed by atoms with Crippen LogP contribution in [0.3, 0.4) is 0 Å². The van der Waals surface area contributed by atoms with Gasteiger partial charge >= 0.3 is 0 Å². The Hall–Kier alpha value is -3.26. The van der Waals surface area contributed by atoms with Crippen LogP contribution in [0, 0.1) is 11.3 Å². The second-order valence-electron chi connectivity index (χ2n) is 8.25. The SMILES string of the molecule is N#Cc1cccnc1N1CCN(C(=O)c2cccc(S(=O)(=O)N3CCc4sccc4C3)c2)CC1. The molecule has 2 aliphatic rings. The quantitative estimate of drug-likeness (QED) is 0.554. The van der Waals surface area contributed by atoms with Crippen LogP contribution < -0.4 is 4.90 Å². The van der Waals surface area contributed by atoms with Crippen LogP contribution in [-0.2, 0) is 23.0 Å². The summed E-state index contributed by atoms with van der Waals surface area (Å²) in [6.45, 7) is 2.82. The van der Waals surface area contributed by atoms with Crippen molar-refractivity contribution < 1.29 is 13.2 Å². The molecule has 2 aromatic heterocycles. The van der Waals surface area contributed by atoms with Gasteiger partial charge in [0.2, 0.25) is 10.0 Å². The van der Waals surface area contributed by atoms with E-state index in [1.807, 2.05) is 16.3 Å². The third kappa shape index (κ3) is 4.18. The summed E-state index contributed by atoms with van der Waals surface area (Å²) in [7, 11) is -3.70. The number of fused-ring (bicyclic) bond motifs is 1.